The number of amides is 1. The third kappa shape index (κ3) is 2.99. The predicted octanol–water partition coefficient (Wildman–Crippen LogP) is 1.53. The molecule has 0 aliphatic carbocycles. The number of hydrogen-bond acceptors (Lipinski definition) is 3. The standard InChI is InChI=1S/C9H8BrFN2O3/c10-7(9(12)14)3-5-1-2-6(11)4-8(5)13(15)16/h1-2,4,7H,3H2,(H2,12,14). The van der Waals surface area contributed by atoms with Gasteiger partial charge in [0.05, 0.1) is 15.8 Å². The summed E-state index contributed by atoms with van der Waals surface area (Å²) < 4.78 is 12.8. The molecule has 0 aromatic heterocycles. The van der Waals surface area contributed by atoms with Crippen LogP contribution in [0.5, 0.6) is 0 Å². The highest BCUT2D eigenvalue weighted by molar-refractivity contribution is 9.10. The van der Waals surface area contributed by atoms with Crippen LogP contribution in [0.15, 0.2) is 18.2 Å². The Labute approximate surface area is 98.7 Å². The van der Waals surface area contributed by atoms with Crippen molar-refractivity contribution in [2.75, 3.05) is 0 Å². The Kier molecular flexibility index (Phi) is 3.94. The number of halogens is 2. The molecular weight excluding hydrogens is 283 g/mol. The molecule has 16 heavy (non-hydrogen) atoms. The molecule has 1 atom stereocenters. The molecule has 0 fully saturated rings. The Bertz CT molecular complexity index is 439. The Morgan fingerprint density at radius 2 is 2.25 bits per heavy atom. The predicted molar refractivity (Wildman–Crippen MR) is 58.7 cm³/mol. The number of hydrogen-bond donors (Lipinski definition) is 1. The van der Waals surface area contributed by atoms with Crippen LogP contribution in [0.3, 0.4) is 0 Å². The van der Waals surface area contributed by atoms with E-state index in [-0.39, 0.29) is 17.7 Å². The number of nitrogens with zero attached hydrogens (tertiary/aromatic N) is 1. The lowest BCUT2D eigenvalue weighted by molar-refractivity contribution is -0.385. The SMILES string of the molecule is NC(=O)C(Br)Cc1ccc(F)cc1[N+](=O)[O-]. The summed E-state index contributed by atoms with van der Waals surface area (Å²) in [4.78, 5) is 20.0. The molecule has 0 radical (unpaired) electrons. The molecule has 0 saturated heterocycles. The number of benzene rings is 1. The van der Waals surface area contributed by atoms with E-state index in [0.29, 0.717) is 0 Å². The fourth-order valence-corrected chi connectivity index (χ4v) is 1.52. The van der Waals surface area contributed by atoms with E-state index in [1.165, 1.54) is 6.07 Å². The van der Waals surface area contributed by atoms with E-state index >= 15 is 0 Å². The monoisotopic (exact) mass is 290 g/mol. The minimum Gasteiger partial charge on any atom is -0.369 e. The van der Waals surface area contributed by atoms with Gasteiger partial charge in [-0.25, -0.2) is 4.39 Å². The van der Waals surface area contributed by atoms with Crippen molar-refractivity contribution in [3.05, 3.63) is 39.7 Å². The van der Waals surface area contributed by atoms with Crippen LogP contribution in [0, 0.1) is 15.9 Å². The van der Waals surface area contributed by atoms with Gasteiger partial charge in [-0.05, 0) is 12.1 Å². The molecule has 1 rings (SSSR count). The second kappa shape index (κ2) is 5.02. The molecule has 1 aromatic carbocycles. The van der Waals surface area contributed by atoms with Gasteiger partial charge in [-0.15, -0.1) is 0 Å². The van der Waals surface area contributed by atoms with E-state index in [9.17, 15) is 19.3 Å². The van der Waals surface area contributed by atoms with E-state index in [0.717, 1.165) is 12.1 Å². The summed E-state index contributed by atoms with van der Waals surface area (Å²) in [5.41, 5.74) is 4.91. The first-order valence-corrected chi connectivity index (χ1v) is 5.19. The minimum absolute atomic E-state index is 0.0475. The van der Waals surface area contributed by atoms with Crippen molar-refractivity contribution < 1.29 is 14.1 Å². The number of nitro benzene ring substituents is 1. The van der Waals surface area contributed by atoms with Gasteiger partial charge in [0.25, 0.3) is 5.69 Å². The molecule has 0 spiro atoms. The highest BCUT2D eigenvalue weighted by Crippen LogP contribution is 2.22. The van der Waals surface area contributed by atoms with Gasteiger partial charge >= 0.3 is 0 Å². The topological polar surface area (TPSA) is 86.2 Å². The van der Waals surface area contributed by atoms with Gasteiger partial charge in [0.2, 0.25) is 5.91 Å². The van der Waals surface area contributed by atoms with Crippen molar-refractivity contribution in [2.24, 2.45) is 5.73 Å². The zero-order valence-electron chi connectivity index (χ0n) is 8.02. The normalized spacial score (nSPS) is 12.1. The van der Waals surface area contributed by atoms with Crippen molar-refractivity contribution in [2.45, 2.75) is 11.2 Å². The van der Waals surface area contributed by atoms with Crippen molar-refractivity contribution in [3.8, 4) is 0 Å². The summed E-state index contributed by atoms with van der Waals surface area (Å²) in [5.74, 6) is -1.32. The van der Waals surface area contributed by atoms with Crippen LogP contribution in [0.4, 0.5) is 10.1 Å². The lowest BCUT2D eigenvalue weighted by Gasteiger charge is -2.06. The van der Waals surface area contributed by atoms with Crippen LogP contribution in [-0.2, 0) is 11.2 Å². The Hall–Kier alpha value is -1.50. The maximum atomic E-state index is 12.8. The molecule has 1 unspecified atom stereocenters. The number of rotatable bonds is 4. The fraction of sp³-hybridized carbons (Fsp3) is 0.222. The van der Waals surface area contributed by atoms with Crippen LogP contribution in [0.1, 0.15) is 5.56 Å². The van der Waals surface area contributed by atoms with E-state index in [2.05, 4.69) is 15.9 Å². The molecule has 1 aromatic rings. The van der Waals surface area contributed by atoms with Crippen molar-refractivity contribution >= 4 is 27.5 Å². The highest BCUT2D eigenvalue weighted by atomic mass is 79.9. The van der Waals surface area contributed by atoms with E-state index in [1.807, 2.05) is 0 Å². The van der Waals surface area contributed by atoms with Gasteiger partial charge in [-0.2, -0.15) is 0 Å². The number of carbonyl (C=O) groups is 1. The summed E-state index contributed by atoms with van der Waals surface area (Å²) in [6.45, 7) is 0. The second-order valence-electron chi connectivity index (χ2n) is 3.10. The van der Waals surface area contributed by atoms with E-state index in [1.54, 1.807) is 0 Å². The van der Waals surface area contributed by atoms with E-state index < -0.39 is 21.5 Å². The van der Waals surface area contributed by atoms with Crippen molar-refractivity contribution in [1.29, 1.82) is 0 Å². The molecule has 1 amide bonds. The van der Waals surface area contributed by atoms with Gasteiger partial charge in [-0.3, -0.25) is 14.9 Å². The molecule has 86 valence electrons. The van der Waals surface area contributed by atoms with Gasteiger partial charge in [0.15, 0.2) is 0 Å². The molecule has 0 aliphatic heterocycles. The number of nitro groups is 1. The lowest BCUT2D eigenvalue weighted by atomic mass is 10.1. The second-order valence-corrected chi connectivity index (χ2v) is 4.21. The number of nitrogens with two attached hydrogens (primary N) is 1. The third-order valence-corrected chi connectivity index (χ3v) is 2.73. The van der Waals surface area contributed by atoms with Gasteiger partial charge in [0, 0.05) is 12.0 Å². The Balaban J connectivity index is 3.04. The zero-order chi connectivity index (χ0) is 12.3. The summed E-state index contributed by atoms with van der Waals surface area (Å²) in [7, 11) is 0. The Morgan fingerprint density at radius 3 is 2.75 bits per heavy atom. The molecule has 0 saturated carbocycles. The molecule has 2 N–H and O–H groups in total. The smallest absolute Gasteiger partial charge is 0.275 e. The first-order chi connectivity index (χ1) is 7.41. The van der Waals surface area contributed by atoms with Crippen molar-refractivity contribution in [1.82, 2.24) is 0 Å². The van der Waals surface area contributed by atoms with Gasteiger partial charge < -0.3 is 5.73 Å². The summed E-state index contributed by atoms with van der Waals surface area (Å²) >= 11 is 2.99. The summed E-state index contributed by atoms with van der Waals surface area (Å²) in [6, 6.07) is 3.18. The van der Waals surface area contributed by atoms with Gasteiger partial charge in [-0.1, -0.05) is 15.9 Å². The van der Waals surface area contributed by atoms with Crippen LogP contribution < -0.4 is 5.73 Å². The number of alkyl halides is 1. The van der Waals surface area contributed by atoms with Crippen LogP contribution in [-0.4, -0.2) is 15.7 Å². The average Bonchev–Trinajstić information content (AvgIpc) is 2.20. The molecule has 0 aliphatic rings. The maximum absolute atomic E-state index is 12.8. The maximum Gasteiger partial charge on any atom is 0.275 e. The first-order valence-electron chi connectivity index (χ1n) is 4.28. The van der Waals surface area contributed by atoms with Crippen LogP contribution >= 0.6 is 15.9 Å². The first kappa shape index (κ1) is 12.6. The van der Waals surface area contributed by atoms with Crippen LogP contribution in [0.2, 0.25) is 0 Å². The Morgan fingerprint density at radius 1 is 1.62 bits per heavy atom. The molecule has 7 heteroatoms. The minimum atomic E-state index is -0.711. The quantitative estimate of drug-likeness (QED) is 0.518. The highest BCUT2D eigenvalue weighted by Gasteiger charge is 2.20. The number of carbonyl (C=O) groups excluding carboxylic acids is 1. The summed E-state index contributed by atoms with van der Waals surface area (Å²) in [6.07, 6.45) is 0.0475. The molecule has 5 nitrogen and oxygen atoms in total. The summed E-state index contributed by atoms with van der Waals surface area (Å²) in [5, 5.41) is 10.6. The fourth-order valence-electron chi connectivity index (χ4n) is 1.17. The van der Waals surface area contributed by atoms with Crippen LogP contribution in [0.25, 0.3) is 0 Å². The van der Waals surface area contributed by atoms with Gasteiger partial charge in [0.1, 0.15) is 5.82 Å². The molecular formula is C9H8BrFN2O3. The van der Waals surface area contributed by atoms with E-state index in [4.69, 9.17) is 5.73 Å². The zero-order valence-corrected chi connectivity index (χ0v) is 9.61. The lowest BCUT2D eigenvalue weighted by Crippen LogP contribution is -2.25. The molecule has 0 bridgehead atoms. The third-order valence-electron chi connectivity index (χ3n) is 1.95. The molecule has 0 heterocycles. The van der Waals surface area contributed by atoms with Crippen molar-refractivity contribution in [3.63, 3.8) is 0 Å². The average molecular weight is 291 g/mol. The number of primary amides is 1. The largest absolute Gasteiger partial charge is 0.369 e.